The Morgan fingerprint density at radius 2 is 1.88 bits per heavy atom. The highest BCUT2D eigenvalue weighted by atomic mass is 32.2. The maximum atomic E-state index is 3.66. The lowest BCUT2D eigenvalue weighted by molar-refractivity contribution is 0.500. The van der Waals surface area contributed by atoms with Gasteiger partial charge in [0, 0.05) is 17.0 Å². The zero-order valence-corrected chi connectivity index (χ0v) is 12.7. The number of unbranched alkanes of at least 4 members (excludes halogenated alkanes) is 3. The topological polar surface area (TPSA) is 12.0 Å². The van der Waals surface area contributed by atoms with Crippen molar-refractivity contribution in [1.29, 1.82) is 0 Å². The second kappa shape index (κ2) is 10.3. The number of hydrogen-bond acceptors (Lipinski definition) is 2. The van der Waals surface area contributed by atoms with Crippen molar-refractivity contribution in [2.45, 2.75) is 82.9 Å². The summed E-state index contributed by atoms with van der Waals surface area (Å²) < 4.78 is 0. The van der Waals surface area contributed by atoms with E-state index >= 15 is 0 Å². The normalized spacial score (nSPS) is 18.7. The molecule has 1 N–H and O–H groups in total. The Morgan fingerprint density at radius 3 is 2.53 bits per heavy atom. The molecule has 0 spiro atoms. The molecule has 0 aromatic carbocycles. The van der Waals surface area contributed by atoms with E-state index in [0.29, 0.717) is 0 Å². The lowest BCUT2D eigenvalue weighted by atomic mass is 10.1. The quantitative estimate of drug-likeness (QED) is 0.574. The first-order chi connectivity index (χ1) is 8.36. The fourth-order valence-electron chi connectivity index (χ4n) is 2.66. The van der Waals surface area contributed by atoms with Gasteiger partial charge >= 0.3 is 0 Å². The van der Waals surface area contributed by atoms with Crippen LogP contribution in [-0.4, -0.2) is 23.6 Å². The van der Waals surface area contributed by atoms with Gasteiger partial charge in [0.05, 0.1) is 0 Å². The molecule has 0 aromatic rings. The number of rotatable bonds is 10. The minimum atomic E-state index is 0.766. The Balaban J connectivity index is 2.08. The van der Waals surface area contributed by atoms with E-state index in [9.17, 15) is 0 Å². The maximum absolute atomic E-state index is 3.66. The van der Waals surface area contributed by atoms with E-state index < -0.39 is 0 Å². The van der Waals surface area contributed by atoms with Crippen LogP contribution in [0.5, 0.6) is 0 Å². The molecule has 0 amide bonds. The molecule has 0 aliphatic heterocycles. The molecule has 1 fully saturated rings. The van der Waals surface area contributed by atoms with Crippen LogP contribution >= 0.6 is 11.8 Å². The highest BCUT2D eigenvalue weighted by molar-refractivity contribution is 7.99. The summed E-state index contributed by atoms with van der Waals surface area (Å²) in [5.41, 5.74) is 0. The van der Waals surface area contributed by atoms with Gasteiger partial charge in [0.1, 0.15) is 0 Å². The third kappa shape index (κ3) is 7.35. The molecule has 1 aliphatic rings. The standard InChI is InChI=1S/C15H31NS/c1-3-5-6-7-10-14(16-4-2)13-17-15-11-8-9-12-15/h14-16H,3-13H2,1-2H3. The largest absolute Gasteiger partial charge is 0.313 e. The molecule has 1 rings (SSSR count). The molecule has 17 heavy (non-hydrogen) atoms. The first kappa shape index (κ1) is 15.4. The van der Waals surface area contributed by atoms with Gasteiger partial charge in [0.2, 0.25) is 0 Å². The van der Waals surface area contributed by atoms with Gasteiger partial charge in [0.25, 0.3) is 0 Å². The molecular formula is C15H31NS. The summed E-state index contributed by atoms with van der Waals surface area (Å²) in [6.45, 7) is 5.65. The third-order valence-corrected chi connectivity index (χ3v) is 5.27. The van der Waals surface area contributed by atoms with Crippen molar-refractivity contribution in [1.82, 2.24) is 5.32 Å². The van der Waals surface area contributed by atoms with E-state index in [1.54, 1.807) is 0 Å². The van der Waals surface area contributed by atoms with Crippen molar-refractivity contribution in [3.8, 4) is 0 Å². The highest BCUT2D eigenvalue weighted by Crippen LogP contribution is 2.30. The summed E-state index contributed by atoms with van der Waals surface area (Å²) in [4.78, 5) is 0. The van der Waals surface area contributed by atoms with E-state index in [2.05, 4.69) is 30.9 Å². The van der Waals surface area contributed by atoms with Crippen LogP contribution in [0.2, 0.25) is 0 Å². The Morgan fingerprint density at radius 1 is 1.12 bits per heavy atom. The first-order valence-electron chi connectivity index (χ1n) is 7.71. The van der Waals surface area contributed by atoms with Gasteiger partial charge in [-0.3, -0.25) is 0 Å². The molecule has 1 aliphatic carbocycles. The van der Waals surface area contributed by atoms with Crippen molar-refractivity contribution < 1.29 is 0 Å². The van der Waals surface area contributed by atoms with Crippen LogP contribution in [-0.2, 0) is 0 Å². The average Bonchev–Trinajstić information content (AvgIpc) is 2.84. The molecule has 1 atom stereocenters. The summed E-state index contributed by atoms with van der Waals surface area (Å²) in [5.74, 6) is 1.34. The minimum absolute atomic E-state index is 0.766. The van der Waals surface area contributed by atoms with E-state index in [1.165, 1.54) is 63.5 Å². The lowest BCUT2D eigenvalue weighted by Gasteiger charge is -2.19. The Hall–Kier alpha value is 0.310. The van der Waals surface area contributed by atoms with Crippen LogP contribution in [0, 0.1) is 0 Å². The van der Waals surface area contributed by atoms with Crippen LogP contribution in [0.1, 0.15) is 71.6 Å². The van der Waals surface area contributed by atoms with E-state index in [0.717, 1.165) is 17.8 Å². The van der Waals surface area contributed by atoms with Crippen LogP contribution in [0.15, 0.2) is 0 Å². The molecule has 1 unspecified atom stereocenters. The SMILES string of the molecule is CCCCCCC(CSC1CCCC1)NCC. The monoisotopic (exact) mass is 257 g/mol. The van der Waals surface area contributed by atoms with E-state index in [1.807, 2.05) is 0 Å². The van der Waals surface area contributed by atoms with Gasteiger partial charge in [0.15, 0.2) is 0 Å². The van der Waals surface area contributed by atoms with E-state index in [-0.39, 0.29) is 0 Å². The molecule has 0 bridgehead atoms. The molecule has 0 saturated heterocycles. The van der Waals surface area contributed by atoms with Crippen molar-refractivity contribution in [3.63, 3.8) is 0 Å². The number of thioether (sulfide) groups is 1. The summed E-state index contributed by atoms with van der Waals surface area (Å²) in [7, 11) is 0. The minimum Gasteiger partial charge on any atom is -0.313 e. The highest BCUT2D eigenvalue weighted by Gasteiger charge is 2.17. The maximum Gasteiger partial charge on any atom is 0.0158 e. The second-order valence-electron chi connectivity index (χ2n) is 5.34. The Kier molecular flexibility index (Phi) is 9.27. The molecule has 1 saturated carbocycles. The number of nitrogens with one attached hydrogen (secondary N) is 1. The fourth-order valence-corrected chi connectivity index (χ4v) is 4.11. The lowest BCUT2D eigenvalue weighted by Crippen LogP contribution is -2.31. The molecule has 0 radical (unpaired) electrons. The fraction of sp³-hybridized carbons (Fsp3) is 1.00. The van der Waals surface area contributed by atoms with E-state index in [4.69, 9.17) is 0 Å². The first-order valence-corrected chi connectivity index (χ1v) is 8.76. The molecule has 0 heterocycles. The third-order valence-electron chi connectivity index (χ3n) is 3.73. The average molecular weight is 257 g/mol. The molecule has 0 aromatic heterocycles. The Labute approximate surface area is 113 Å². The molecule has 1 nitrogen and oxygen atoms in total. The predicted octanol–water partition coefficient (Wildman–Crippen LogP) is 4.61. The van der Waals surface area contributed by atoms with Crippen LogP contribution in [0.25, 0.3) is 0 Å². The smallest absolute Gasteiger partial charge is 0.0158 e. The van der Waals surface area contributed by atoms with Crippen molar-refractivity contribution >= 4 is 11.8 Å². The van der Waals surface area contributed by atoms with Gasteiger partial charge in [-0.25, -0.2) is 0 Å². The van der Waals surface area contributed by atoms with Gasteiger partial charge < -0.3 is 5.32 Å². The molecular weight excluding hydrogens is 226 g/mol. The zero-order valence-electron chi connectivity index (χ0n) is 11.8. The van der Waals surface area contributed by atoms with Crippen LogP contribution in [0.3, 0.4) is 0 Å². The summed E-state index contributed by atoms with van der Waals surface area (Å²) >= 11 is 2.23. The van der Waals surface area contributed by atoms with Gasteiger partial charge in [-0.15, -0.1) is 0 Å². The van der Waals surface area contributed by atoms with Crippen LogP contribution < -0.4 is 5.32 Å². The molecule has 2 heteroatoms. The Bertz CT molecular complexity index is 166. The van der Waals surface area contributed by atoms with Crippen molar-refractivity contribution in [2.24, 2.45) is 0 Å². The molecule has 102 valence electrons. The number of hydrogen-bond donors (Lipinski definition) is 1. The van der Waals surface area contributed by atoms with Gasteiger partial charge in [-0.2, -0.15) is 11.8 Å². The predicted molar refractivity (Wildman–Crippen MR) is 80.9 cm³/mol. The second-order valence-corrected chi connectivity index (χ2v) is 6.68. The summed E-state index contributed by atoms with van der Waals surface area (Å²) in [6.07, 6.45) is 12.9. The van der Waals surface area contributed by atoms with Crippen LogP contribution in [0.4, 0.5) is 0 Å². The van der Waals surface area contributed by atoms with Crippen molar-refractivity contribution in [2.75, 3.05) is 12.3 Å². The zero-order chi connectivity index (χ0) is 12.3. The summed E-state index contributed by atoms with van der Waals surface area (Å²) in [5, 5.41) is 4.64. The van der Waals surface area contributed by atoms with Crippen molar-refractivity contribution in [3.05, 3.63) is 0 Å². The van der Waals surface area contributed by atoms with Gasteiger partial charge in [-0.1, -0.05) is 52.4 Å². The summed E-state index contributed by atoms with van der Waals surface area (Å²) in [6, 6.07) is 0.766. The van der Waals surface area contributed by atoms with Gasteiger partial charge in [-0.05, 0) is 25.8 Å².